The molecule has 1 aromatic heterocycles. The molecule has 1 unspecified atom stereocenters. The van der Waals surface area contributed by atoms with Gasteiger partial charge in [-0.2, -0.15) is 0 Å². The van der Waals surface area contributed by atoms with E-state index in [9.17, 15) is 8.78 Å². The van der Waals surface area contributed by atoms with E-state index in [2.05, 4.69) is 36.3 Å². The van der Waals surface area contributed by atoms with E-state index in [4.69, 9.17) is 9.53 Å². The molecule has 1 atom stereocenters. The number of benzene rings is 2. The average Bonchev–Trinajstić information content (AvgIpc) is 3.06. The molecule has 0 aliphatic carbocycles. The lowest BCUT2D eigenvalue weighted by Gasteiger charge is -2.27. The molecule has 0 spiro atoms. The van der Waals surface area contributed by atoms with E-state index in [1.165, 1.54) is 13.2 Å². The number of aryl methyl sites for hydroxylation is 1. The second-order valence-corrected chi connectivity index (χ2v) is 7.63. The van der Waals surface area contributed by atoms with Gasteiger partial charge in [-0.05, 0) is 64.7 Å². The maximum absolute atomic E-state index is 14.2. The summed E-state index contributed by atoms with van der Waals surface area (Å²) in [7, 11) is 1.31. The third-order valence-electron chi connectivity index (χ3n) is 4.70. The van der Waals surface area contributed by atoms with Gasteiger partial charge in [-0.25, -0.2) is 13.8 Å². The van der Waals surface area contributed by atoms with Crippen molar-refractivity contribution in [2.45, 2.75) is 46.3 Å². The molecule has 168 valence electrons. The molecule has 4 rings (SSSR count). The molecule has 2 heterocycles. The number of ether oxygens (including phenoxy) is 2. The Balaban J connectivity index is 0.000000513. The van der Waals surface area contributed by atoms with E-state index in [-0.39, 0.29) is 17.0 Å². The van der Waals surface area contributed by atoms with Crippen molar-refractivity contribution in [1.82, 2.24) is 9.55 Å². The van der Waals surface area contributed by atoms with Gasteiger partial charge in [0.25, 0.3) is 6.47 Å². The molecule has 1 aliphatic rings. The number of imidazole rings is 1. The fourth-order valence-corrected chi connectivity index (χ4v) is 3.44. The first-order chi connectivity index (χ1) is 14.9. The number of carbonyl (C=O) groups excluding carboxylic acids is 1. The van der Waals surface area contributed by atoms with Gasteiger partial charge in [-0.1, -0.05) is 19.9 Å². The summed E-state index contributed by atoms with van der Waals surface area (Å²) < 4.78 is 39.7. The summed E-state index contributed by atoms with van der Waals surface area (Å²) in [5, 5.41) is 0. The van der Waals surface area contributed by atoms with Gasteiger partial charge in [0.15, 0.2) is 0 Å². The number of rotatable bonds is 5. The maximum Gasteiger partial charge on any atom is 0.292 e. The largest absolute Gasteiger partial charge is 0.471 e. The smallest absolute Gasteiger partial charge is 0.292 e. The van der Waals surface area contributed by atoms with Crippen molar-refractivity contribution >= 4 is 33.4 Å². The van der Waals surface area contributed by atoms with Crippen LogP contribution in [0.2, 0.25) is 0 Å². The molecular weight excluding hydrogens is 470 g/mol. The Morgan fingerprint density at radius 3 is 2.52 bits per heavy atom. The Labute approximate surface area is 189 Å². The summed E-state index contributed by atoms with van der Waals surface area (Å²) >= 11 is 3.01. The lowest BCUT2D eigenvalue weighted by molar-refractivity contribution is -0.126. The number of methoxy groups -OCH3 is 1. The zero-order valence-electron chi connectivity index (χ0n) is 18.1. The van der Waals surface area contributed by atoms with Crippen LogP contribution in [0, 0.1) is 18.6 Å². The maximum atomic E-state index is 14.2. The van der Waals surface area contributed by atoms with E-state index < -0.39 is 11.6 Å². The summed E-state index contributed by atoms with van der Waals surface area (Å²) in [5.74, 6) is -0.197. The third kappa shape index (κ3) is 6.33. The molecule has 8 heteroatoms. The van der Waals surface area contributed by atoms with Gasteiger partial charge in [-0.15, -0.1) is 0 Å². The van der Waals surface area contributed by atoms with Gasteiger partial charge < -0.3 is 14.0 Å². The van der Waals surface area contributed by atoms with Gasteiger partial charge in [0, 0.05) is 13.0 Å². The molecule has 2 aromatic carbocycles. The Morgan fingerprint density at radius 1 is 1.26 bits per heavy atom. The highest BCUT2D eigenvalue weighted by atomic mass is 79.9. The van der Waals surface area contributed by atoms with Gasteiger partial charge in [-0.3, -0.25) is 4.79 Å². The highest BCUT2D eigenvalue weighted by Crippen LogP contribution is 2.26. The van der Waals surface area contributed by atoms with Crippen LogP contribution in [-0.4, -0.2) is 35.8 Å². The van der Waals surface area contributed by atoms with Gasteiger partial charge >= 0.3 is 0 Å². The summed E-state index contributed by atoms with van der Waals surface area (Å²) in [6.45, 7) is 7.86. The van der Waals surface area contributed by atoms with Gasteiger partial charge in [0.2, 0.25) is 0 Å². The van der Waals surface area contributed by atoms with Crippen LogP contribution in [0.3, 0.4) is 0 Å². The normalized spacial score (nSPS) is 14.6. The quantitative estimate of drug-likeness (QED) is 0.341. The van der Waals surface area contributed by atoms with Gasteiger partial charge in [0.1, 0.15) is 17.5 Å². The fraction of sp³-hybridized carbons (Fsp3) is 0.391. The molecule has 1 saturated heterocycles. The minimum absolute atomic E-state index is 0.126. The molecule has 1 aliphatic heterocycles. The molecule has 5 nitrogen and oxygen atoms in total. The summed E-state index contributed by atoms with van der Waals surface area (Å²) in [6, 6.07) is 8.43. The van der Waals surface area contributed by atoms with Crippen LogP contribution in [0.4, 0.5) is 8.78 Å². The van der Waals surface area contributed by atoms with E-state index in [0.29, 0.717) is 18.6 Å². The molecule has 0 amide bonds. The lowest BCUT2D eigenvalue weighted by Crippen LogP contribution is -2.31. The van der Waals surface area contributed by atoms with Crippen LogP contribution in [0.25, 0.3) is 11.0 Å². The van der Waals surface area contributed by atoms with Crippen molar-refractivity contribution in [1.29, 1.82) is 0 Å². The van der Waals surface area contributed by atoms with E-state index in [0.717, 1.165) is 41.5 Å². The Bertz CT molecular complexity index is 1020. The first-order valence-electron chi connectivity index (χ1n) is 10.1. The number of hydrogen-bond donors (Lipinski definition) is 0. The lowest BCUT2D eigenvalue weighted by atomic mass is 10.1. The van der Waals surface area contributed by atoms with E-state index in [1.807, 2.05) is 32.9 Å². The van der Waals surface area contributed by atoms with Crippen molar-refractivity contribution in [2.75, 3.05) is 13.7 Å². The van der Waals surface area contributed by atoms with Crippen LogP contribution in [-0.2, 0) is 27.2 Å². The predicted octanol–water partition coefficient (Wildman–Crippen LogP) is 5.58. The zero-order chi connectivity index (χ0) is 23.0. The molecule has 0 saturated carbocycles. The van der Waals surface area contributed by atoms with Crippen LogP contribution < -0.4 is 0 Å². The number of carbonyl (C=O) groups is 1. The molecule has 31 heavy (non-hydrogen) atoms. The van der Waals surface area contributed by atoms with Crippen molar-refractivity contribution in [3.05, 3.63) is 63.4 Å². The molecule has 0 bridgehead atoms. The molecule has 0 radical (unpaired) electrons. The summed E-state index contributed by atoms with van der Waals surface area (Å²) in [6.07, 6.45) is 1.39. The topological polar surface area (TPSA) is 53.3 Å². The Hall–Kier alpha value is -2.32. The summed E-state index contributed by atoms with van der Waals surface area (Å²) in [5.41, 5.74) is 3.29. The summed E-state index contributed by atoms with van der Waals surface area (Å²) in [4.78, 5) is 13.6. The van der Waals surface area contributed by atoms with E-state index >= 15 is 0 Å². The zero-order valence-corrected chi connectivity index (χ0v) is 19.7. The van der Waals surface area contributed by atoms with Crippen LogP contribution >= 0.6 is 15.9 Å². The number of fused-ring (bicyclic) bond motifs is 1. The van der Waals surface area contributed by atoms with E-state index in [1.54, 1.807) is 0 Å². The molecule has 3 aromatic rings. The first kappa shape index (κ1) is 24.9. The highest BCUT2D eigenvalue weighted by molar-refractivity contribution is 9.10. The first-order valence-corrected chi connectivity index (χ1v) is 10.9. The highest BCUT2D eigenvalue weighted by Gasteiger charge is 2.22. The van der Waals surface area contributed by atoms with Crippen molar-refractivity contribution in [3.8, 4) is 0 Å². The predicted molar refractivity (Wildman–Crippen MR) is 120 cm³/mol. The number of aromatic nitrogens is 2. The Kier molecular flexibility index (Phi) is 9.58. The second-order valence-electron chi connectivity index (χ2n) is 6.78. The fourth-order valence-electron chi connectivity index (χ4n) is 3.12. The average molecular weight is 497 g/mol. The van der Waals surface area contributed by atoms with Crippen LogP contribution in [0.15, 0.2) is 34.8 Å². The van der Waals surface area contributed by atoms with Crippen molar-refractivity contribution < 1.29 is 23.0 Å². The SMILES string of the molecule is CC.COC=O.Cc1ccc2nc(Cc3cc(F)c(Br)cc3F)n(CC3CCO3)c2c1. The number of hydrogen-bond acceptors (Lipinski definition) is 4. The second kappa shape index (κ2) is 11.9. The van der Waals surface area contributed by atoms with Crippen LogP contribution in [0.1, 0.15) is 37.2 Å². The van der Waals surface area contributed by atoms with Crippen molar-refractivity contribution in [2.24, 2.45) is 0 Å². The minimum atomic E-state index is -0.475. The Morgan fingerprint density at radius 2 is 1.94 bits per heavy atom. The number of halogens is 3. The number of nitrogens with zero attached hydrogens (tertiary/aromatic N) is 2. The molecule has 0 N–H and O–H groups in total. The van der Waals surface area contributed by atoms with Crippen LogP contribution in [0.5, 0.6) is 0 Å². The minimum Gasteiger partial charge on any atom is -0.471 e. The standard InChI is InChI=1S/C19H17BrF2N2O.C2H4O2.C2H6/c1-11-2-3-17-18(6-11)24(10-13-4-5-25-13)19(23-17)8-12-7-16(22)14(20)9-15(12)21;1-4-2-3;1-2/h2-3,6-7,9,13H,4-5,8,10H2,1H3;2H,1H3;1-2H3. The molecule has 1 fully saturated rings. The van der Waals surface area contributed by atoms with Gasteiger partial charge in [0.05, 0.1) is 35.3 Å². The third-order valence-corrected chi connectivity index (χ3v) is 5.30. The van der Waals surface area contributed by atoms with Crippen molar-refractivity contribution in [3.63, 3.8) is 0 Å². The monoisotopic (exact) mass is 496 g/mol. The molecular formula is C23H27BrF2N2O3.